The Morgan fingerprint density at radius 2 is 0.531 bits per heavy atom. The van der Waals surface area contributed by atoms with E-state index in [1.165, 1.54) is 199 Å². The molecule has 5 nitrogen and oxygen atoms in total. The van der Waals surface area contributed by atoms with Crippen LogP contribution < -0.4 is 0 Å². The maximum Gasteiger partial charge on any atom is 0.305 e. The van der Waals surface area contributed by atoms with Crippen LogP contribution in [-0.2, 0) is 19.1 Å². The van der Waals surface area contributed by atoms with Crippen molar-refractivity contribution in [1.82, 2.24) is 0 Å². The summed E-state index contributed by atoms with van der Waals surface area (Å²) in [5, 5.41) is 10.0. The van der Waals surface area contributed by atoms with Gasteiger partial charge >= 0.3 is 11.9 Å². The number of aliphatic hydroxyl groups excluding tert-OH is 1. The van der Waals surface area contributed by atoms with Crippen LogP contribution in [0.1, 0.15) is 251 Å². The Hall–Kier alpha value is -1.10. The third-order valence-corrected chi connectivity index (χ3v) is 10.1. The SMILES string of the molecule is CCCCCCCCCCCCCCCCCCCCCC(=O)OC[C@H](O)COC(=O)CCCCCCCCCCCCCCCCCC. The molecule has 0 saturated carbocycles. The van der Waals surface area contributed by atoms with Crippen LogP contribution >= 0.6 is 0 Å². The van der Waals surface area contributed by atoms with E-state index in [2.05, 4.69) is 13.8 Å². The van der Waals surface area contributed by atoms with E-state index in [0.29, 0.717) is 12.8 Å². The zero-order chi connectivity index (χ0) is 35.7. The fourth-order valence-corrected chi connectivity index (χ4v) is 6.74. The van der Waals surface area contributed by atoms with E-state index >= 15 is 0 Å². The van der Waals surface area contributed by atoms with Gasteiger partial charge in [0, 0.05) is 12.8 Å². The molecule has 0 radical (unpaired) electrons. The summed E-state index contributed by atoms with van der Waals surface area (Å²) in [6.07, 6.45) is 46.0. The molecule has 0 spiro atoms. The van der Waals surface area contributed by atoms with Gasteiger partial charge in [-0.2, -0.15) is 0 Å². The summed E-state index contributed by atoms with van der Waals surface area (Å²) in [6.45, 7) is 4.34. The quantitative estimate of drug-likeness (QED) is 0.0509. The van der Waals surface area contributed by atoms with Crippen LogP contribution in [0.5, 0.6) is 0 Å². The molecule has 0 aromatic rings. The first kappa shape index (κ1) is 47.9. The molecule has 1 atom stereocenters. The molecule has 0 aromatic carbocycles. The number of esters is 2. The number of carbonyl (C=O) groups is 2. The lowest BCUT2D eigenvalue weighted by atomic mass is 10.0. The van der Waals surface area contributed by atoms with E-state index in [1.807, 2.05) is 0 Å². The van der Waals surface area contributed by atoms with Gasteiger partial charge in [-0.3, -0.25) is 9.59 Å². The summed E-state index contributed by atoms with van der Waals surface area (Å²) < 4.78 is 10.4. The number of unbranched alkanes of at least 4 members (excludes halogenated alkanes) is 33. The van der Waals surface area contributed by atoms with Gasteiger partial charge in [0.05, 0.1) is 0 Å². The Balaban J connectivity index is 3.35. The highest BCUT2D eigenvalue weighted by Gasteiger charge is 2.12. The minimum absolute atomic E-state index is 0.107. The lowest BCUT2D eigenvalue weighted by Crippen LogP contribution is -2.25. The lowest BCUT2D eigenvalue weighted by Gasteiger charge is -2.12. The number of ether oxygens (including phenoxy) is 2. The predicted molar refractivity (Wildman–Crippen MR) is 210 cm³/mol. The zero-order valence-electron chi connectivity index (χ0n) is 33.2. The molecule has 0 aromatic heterocycles. The molecule has 49 heavy (non-hydrogen) atoms. The summed E-state index contributed by atoms with van der Waals surface area (Å²) in [6, 6.07) is 0. The van der Waals surface area contributed by atoms with Crippen LogP contribution in [0.15, 0.2) is 0 Å². The van der Waals surface area contributed by atoms with Crippen LogP contribution in [0, 0.1) is 0 Å². The Labute approximate surface area is 306 Å². The average Bonchev–Trinajstić information content (AvgIpc) is 3.10. The van der Waals surface area contributed by atoms with Gasteiger partial charge in [0.15, 0.2) is 0 Å². The van der Waals surface area contributed by atoms with Crippen molar-refractivity contribution in [2.75, 3.05) is 13.2 Å². The van der Waals surface area contributed by atoms with Crippen LogP contribution in [0.4, 0.5) is 0 Å². The molecule has 0 aliphatic rings. The van der Waals surface area contributed by atoms with Crippen molar-refractivity contribution in [3.05, 3.63) is 0 Å². The fraction of sp³-hybridized carbons (Fsp3) is 0.955. The second kappa shape index (κ2) is 41.3. The largest absolute Gasteiger partial charge is 0.463 e. The maximum absolute atomic E-state index is 12.0. The van der Waals surface area contributed by atoms with E-state index in [4.69, 9.17) is 9.47 Å². The normalized spacial score (nSPS) is 12.0. The van der Waals surface area contributed by atoms with Crippen LogP contribution in [0.25, 0.3) is 0 Å². The molecular weight excluding hydrogens is 608 g/mol. The van der Waals surface area contributed by atoms with Crippen molar-refractivity contribution in [3.63, 3.8) is 0 Å². The summed E-state index contributed by atoms with van der Waals surface area (Å²) in [4.78, 5) is 24.0. The fourth-order valence-electron chi connectivity index (χ4n) is 6.74. The monoisotopic (exact) mass is 695 g/mol. The van der Waals surface area contributed by atoms with Gasteiger partial charge in [-0.15, -0.1) is 0 Å². The first-order valence-electron chi connectivity index (χ1n) is 22.1. The first-order valence-corrected chi connectivity index (χ1v) is 22.1. The molecule has 0 bridgehead atoms. The lowest BCUT2D eigenvalue weighted by molar-refractivity contribution is -0.152. The van der Waals surface area contributed by atoms with E-state index in [1.54, 1.807) is 0 Å². The summed E-state index contributed by atoms with van der Waals surface area (Å²) >= 11 is 0. The van der Waals surface area contributed by atoms with Gasteiger partial charge in [-0.25, -0.2) is 0 Å². The smallest absolute Gasteiger partial charge is 0.305 e. The minimum atomic E-state index is -0.955. The van der Waals surface area contributed by atoms with Crippen molar-refractivity contribution >= 4 is 11.9 Å². The molecule has 0 amide bonds. The summed E-state index contributed by atoms with van der Waals surface area (Å²) in [5.41, 5.74) is 0. The Morgan fingerprint density at radius 1 is 0.347 bits per heavy atom. The van der Waals surface area contributed by atoms with Gasteiger partial charge in [0.2, 0.25) is 0 Å². The van der Waals surface area contributed by atoms with E-state index in [9.17, 15) is 14.7 Å². The second-order valence-corrected chi connectivity index (χ2v) is 15.2. The van der Waals surface area contributed by atoms with E-state index in [-0.39, 0.29) is 25.2 Å². The molecule has 0 saturated heterocycles. The molecule has 0 heterocycles. The van der Waals surface area contributed by atoms with Crippen LogP contribution in [0.2, 0.25) is 0 Å². The summed E-state index contributed by atoms with van der Waals surface area (Å²) in [7, 11) is 0. The highest BCUT2D eigenvalue weighted by Crippen LogP contribution is 2.16. The van der Waals surface area contributed by atoms with Crippen LogP contribution in [-0.4, -0.2) is 36.4 Å². The van der Waals surface area contributed by atoms with Crippen molar-refractivity contribution < 1.29 is 24.2 Å². The highest BCUT2D eigenvalue weighted by molar-refractivity contribution is 5.69. The third-order valence-electron chi connectivity index (χ3n) is 10.1. The molecule has 0 unspecified atom stereocenters. The van der Waals surface area contributed by atoms with Gasteiger partial charge in [0.1, 0.15) is 19.3 Å². The maximum atomic E-state index is 12.0. The van der Waals surface area contributed by atoms with Gasteiger partial charge < -0.3 is 14.6 Å². The molecule has 292 valence electrons. The zero-order valence-corrected chi connectivity index (χ0v) is 33.2. The predicted octanol–water partition coefficient (Wildman–Crippen LogP) is 13.9. The topological polar surface area (TPSA) is 72.8 Å². The Bertz CT molecular complexity index is 666. The number of hydrogen-bond donors (Lipinski definition) is 1. The van der Waals surface area contributed by atoms with Crippen molar-refractivity contribution in [3.8, 4) is 0 Å². The number of aliphatic hydroxyl groups is 1. The number of carbonyl (C=O) groups excluding carboxylic acids is 2. The van der Waals surface area contributed by atoms with Gasteiger partial charge in [-0.1, -0.05) is 226 Å². The Morgan fingerprint density at radius 3 is 0.735 bits per heavy atom. The molecule has 1 N–H and O–H groups in total. The molecule has 0 fully saturated rings. The van der Waals surface area contributed by atoms with E-state index < -0.39 is 6.10 Å². The molecular formula is C44H86O5. The first-order chi connectivity index (χ1) is 24.1. The molecule has 0 aliphatic carbocycles. The van der Waals surface area contributed by atoms with Crippen molar-refractivity contribution in [1.29, 1.82) is 0 Å². The van der Waals surface area contributed by atoms with Crippen molar-refractivity contribution in [2.45, 2.75) is 258 Å². The number of rotatable bonds is 41. The third kappa shape index (κ3) is 41.2. The van der Waals surface area contributed by atoms with Crippen molar-refractivity contribution in [2.24, 2.45) is 0 Å². The van der Waals surface area contributed by atoms with Gasteiger partial charge in [-0.05, 0) is 12.8 Å². The van der Waals surface area contributed by atoms with E-state index in [0.717, 1.165) is 25.7 Å². The highest BCUT2D eigenvalue weighted by atomic mass is 16.6. The molecule has 0 aliphatic heterocycles. The number of hydrogen-bond acceptors (Lipinski definition) is 5. The Kier molecular flexibility index (Phi) is 40.4. The van der Waals surface area contributed by atoms with Crippen LogP contribution in [0.3, 0.4) is 0 Å². The molecule has 5 heteroatoms. The average molecular weight is 695 g/mol. The summed E-state index contributed by atoms with van der Waals surface area (Å²) in [5.74, 6) is -0.546. The standard InChI is InChI=1S/C44H86O5/c1-3-5-7-9-11-13-15-17-19-21-22-23-25-27-29-31-33-35-37-39-44(47)49-41-42(45)40-48-43(46)38-36-34-32-30-28-26-24-20-18-16-14-12-10-8-6-4-2/h42,45H,3-41H2,1-2H3/t42-/m1/s1. The molecule has 0 rings (SSSR count). The minimum Gasteiger partial charge on any atom is -0.463 e. The van der Waals surface area contributed by atoms with Gasteiger partial charge in [0.25, 0.3) is 0 Å². The second-order valence-electron chi connectivity index (χ2n) is 15.2.